The van der Waals surface area contributed by atoms with Crippen molar-refractivity contribution < 1.29 is 19.5 Å². The number of amides is 2. The largest absolute Gasteiger partial charge is 0.480 e. The smallest absolute Gasteiger partial charge is 0.326 e. The molecule has 21 heavy (non-hydrogen) atoms. The molecule has 1 rings (SSSR count). The fourth-order valence-electron chi connectivity index (χ4n) is 1.57. The normalized spacial score (nSPS) is 11.5. The minimum atomic E-state index is -1.24. The molecular formula is C14H17ClN2O4. The summed E-state index contributed by atoms with van der Waals surface area (Å²) in [6, 6.07) is 5.02. The molecule has 1 aromatic rings. The number of carbonyl (C=O) groups excluding carboxylic acids is 2. The third-order valence-electron chi connectivity index (χ3n) is 2.80. The fourth-order valence-corrected chi connectivity index (χ4v) is 1.69. The lowest BCUT2D eigenvalue weighted by molar-refractivity contribution is -0.140. The Morgan fingerprint density at radius 2 is 1.86 bits per heavy atom. The van der Waals surface area contributed by atoms with Gasteiger partial charge in [-0.15, -0.1) is 0 Å². The first-order chi connectivity index (χ1) is 9.92. The minimum absolute atomic E-state index is 0.222. The van der Waals surface area contributed by atoms with Gasteiger partial charge in [0.25, 0.3) is 0 Å². The summed E-state index contributed by atoms with van der Waals surface area (Å²) < 4.78 is 0. The second-order valence-corrected chi connectivity index (χ2v) is 4.88. The molecule has 0 spiro atoms. The van der Waals surface area contributed by atoms with Crippen LogP contribution in [-0.4, -0.2) is 28.9 Å². The number of carboxylic acids is 1. The van der Waals surface area contributed by atoms with Crippen molar-refractivity contribution in [2.24, 2.45) is 0 Å². The number of carbonyl (C=O) groups is 3. The van der Waals surface area contributed by atoms with E-state index in [0.29, 0.717) is 5.02 Å². The maximum absolute atomic E-state index is 11.6. The Balaban J connectivity index is 2.48. The van der Waals surface area contributed by atoms with Crippen LogP contribution in [0.4, 0.5) is 4.79 Å². The Hall–Kier alpha value is -2.08. The predicted molar refractivity (Wildman–Crippen MR) is 78.2 cm³/mol. The molecule has 1 atom stereocenters. The predicted octanol–water partition coefficient (Wildman–Crippen LogP) is 1.96. The van der Waals surface area contributed by atoms with Crippen LogP contribution in [0.15, 0.2) is 24.3 Å². The molecule has 0 aliphatic rings. The van der Waals surface area contributed by atoms with Gasteiger partial charge in [0, 0.05) is 24.4 Å². The summed E-state index contributed by atoms with van der Waals surface area (Å²) in [6.07, 6.45) is 0.0120. The van der Waals surface area contributed by atoms with Gasteiger partial charge in [0.15, 0.2) is 0 Å². The highest BCUT2D eigenvalue weighted by Crippen LogP contribution is 2.09. The molecule has 3 N–H and O–H groups in total. The van der Waals surface area contributed by atoms with Crippen LogP contribution in [0.1, 0.15) is 25.3 Å². The van der Waals surface area contributed by atoms with Gasteiger partial charge in [-0.3, -0.25) is 4.79 Å². The summed E-state index contributed by atoms with van der Waals surface area (Å²) in [5, 5.41) is 14.4. The number of benzene rings is 1. The van der Waals surface area contributed by atoms with Crippen molar-refractivity contribution in [1.82, 2.24) is 10.6 Å². The van der Waals surface area contributed by atoms with E-state index >= 15 is 0 Å². The summed E-state index contributed by atoms with van der Waals surface area (Å²) in [7, 11) is 0. The molecule has 7 heteroatoms. The van der Waals surface area contributed by atoms with Gasteiger partial charge in [-0.2, -0.15) is 0 Å². The summed E-state index contributed by atoms with van der Waals surface area (Å²) in [5.41, 5.74) is 0.825. The van der Waals surface area contributed by atoms with Crippen molar-refractivity contribution in [2.75, 3.05) is 0 Å². The molecule has 0 saturated carbocycles. The van der Waals surface area contributed by atoms with Gasteiger partial charge in [0.1, 0.15) is 11.8 Å². The first kappa shape index (κ1) is 17.0. The van der Waals surface area contributed by atoms with Crippen LogP contribution in [0.2, 0.25) is 5.02 Å². The second kappa shape index (κ2) is 8.26. The fraction of sp³-hybridized carbons (Fsp3) is 0.357. The Morgan fingerprint density at radius 3 is 2.38 bits per heavy atom. The number of halogens is 1. The molecule has 1 unspecified atom stereocenters. The quantitative estimate of drug-likeness (QED) is 0.717. The van der Waals surface area contributed by atoms with Crippen molar-refractivity contribution >= 4 is 29.4 Å². The van der Waals surface area contributed by atoms with Gasteiger partial charge in [-0.05, 0) is 17.7 Å². The lowest BCUT2D eigenvalue weighted by atomic mass is 10.1. The van der Waals surface area contributed by atoms with E-state index in [-0.39, 0.29) is 25.2 Å². The Bertz CT molecular complexity index is 516. The standard InChI is InChI=1S/C14H17ClN2O4/c1-2-11(18)7-12(13(19)20)17-14(21)16-8-9-3-5-10(15)6-4-9/h3-6,12H,2,7-8H2,1H3,(H,19,20)(H2,16,17,21). The van der Waals surface area contributed by atoms with E-state index in [1.807, 2.05) is 0 Å². The molecule has 1 aromatic carbocycles. The molecule has 0 aliphatic carbocycles. The zero-order valence-corrected chi connectivity index (χ0v) is 12.3. The molecule has 0 heterocycles. The zero-order chi connectivity index (χ0) is 15.8. The lowest BCUT2D eigenvalue weighted by Crippen LogP contribution is -2.46. The van der Waals surface area contributed by atoms with E-state index in [9.17, 15) is 14.4 Å². The van der Waals surface area contributed by atoms with Crippen LogP contribution in [0.3, 0.4) is 0 Å². The number of aliphatic carboxylic acids is 1. The number of ketones is 1. The maximum Gasteiger partial charge on any atom is 0.326 e. The van der Waals surface area contributed by atoms with Crippen LogP contribution in [0.5, 0.6) is 0 Å². The van der Waals surface area contributed by atoms with Crippen LogP contribution in [0, 0.1) is 0 Å². The lowest BCUT2D eigenvalue weighted by Gasteiger charge is -2.14. The van der Waals surface area contributed by atoms with Crippen molar-refractivity contribution in [3.05, 3.63) is 34.9 Å². The Morgan fingerprint density at radius 1 is 1.24 bits per heavy atom. The monoisotopic (exact) mass is 312 g/mol. The van der Waals surface area contributed by atoms with Gasteiger partial charge < -0.3 is 15.7 Å². The van der Waals surface area contributed by atoms with Crippen molar-refractivity contribution in [2.45, 2.75) is 32.4 Å². The second-order valence-electron chi connectivity index (χ2n) is 4.44. The van der Waals surface area contributed by atoms with Gasteiger partial charge in [0.2, 0.25) is 0 Å². The highest BCUT2D eigenvalue weighted by atomic mass is 35.5. The van der Waals surface area contributed by atoms with Crippen molar-refractivity contribution in [3.8, 4) is 0 Å². The SMILES string of the molecule is CCC(=O)CC(NC(=O)NCc1ccc(Cl)cc1)C(=O)O. The number of rotatable bonds is 7. The van der Waals surface area contributed by atoms with E-state index < -0.39 is 18.0 Å². The van der Waals surface area contributed by atoms with E-state index in [2.05, 4.69) is 10.6 Å². The van der Waals surface area contributed by atoms with Gasteiger partial charge in [-0.1, -0.05) is 30.7 Å². The number of hydrogen-bond donors (Lipinski definition) is 3. The third-order valence-corrected chi connectivity index (χ3v) is 3.05. The van der Waals surface area contributed by atoms with E-state index in [1.54, 1.807) is 31.2 Å². The summed E-state index contributed by atoms with van der Waals surface area (Å²) in [5.74, 6) is -1.46. The number of carboxylic acid groups (broad SMARTS) is 1. The summed E-state index contributed by atoms with van der Waals surface area (Å²) in [6.45, 7) is 1.87. The highest BCUT2D eigenvalue weighted by molar-refractivity contribution is 6.30. The molecule has 0 bridgehead atoms. The summed E-state index contributed by atoms with van der Waals surface area (Å²) in [4.78, 5) is 33.9. The molecular weight excluding hydrogens is 296 g/mol. The van der Waals surface area contributed by atoms with Gasteiger partial charge in [-0.25, -0.2) is 9.59 Å². The van der Waals surface area contributed by atoms with Crippen molar-refractivity contribution in [3.63, 3.8) is 0 Å². The zero-order valence-electron chi connectivity index (χ0n) is 11.6. The number of nitrogens with one attached hydrogen (secondary N) is 2. The molecule has 0 radical (unpaired) electrons. The first-order valence-electron chi connectivity index (χ1n) is 6.45. The average molecular weight is 313 g/mol. The minimum Gasteiger partial charge on any atom is -0.480 e. The highest BCUT2D eigenvalue weighted by Gasteiger charge is 2.22. The maximum atomic E-state index is 11.6. The van der Waals surface area contributed by atoms with Gasteiger partial charge in [0.05, 0.1) is 0 Å². The van der Waals surface area contributed by atoms with E-state index in [0.717, 1.165) is 5.56 Å². The number of hydrogen-bond acceptors (Lipinski definition) is 3. The van der Waals surface area contributed by atoms with E-state index in [4.69, 9.17) is 16.7 Å². The molecule has 0 aromatic heterocycles. The third kappa shape index (κ3) is 6.27. The van der Waals surface area contributed by atoms with Crippen LogP contribution >= 0.6 is 11.6 Å². The Kier molecular flexibility index (Phi) is 6.68. The molecule has 2 amide bonds. The van der Waals surface area contributed by atoms with Crippen LogP contribution in [-0.2, 0) is 16.1 Å². The van der Waals surface area contributed by atoms with Crippen molar-refractivity contribution in [1.29, 1.82) is 0 Å². The Labute approximate surface area is 127 Å². The topological polar surface area (TPSA) is 95.5 Å². The molecule has 0 fully saturated rings. The van der Waals surface area contributed by atoms with E-state index in [1.165, 1.54) is 0 Å². The summed E-state index contributed by atoms with van der Waals surface area (Å²) >= 11 is 5.74. The van der Waals surface area contributed by atoms with Gasteiger partial charge >= 0.3 is 12.0 Å². The molecule has 0 saturated heterocycles. The number of Topliss-reactive ketones (excluding diaryl/α,β-unsaturated/α-hetero) is 1. The molecule has 114 valence electrons. The average Bonchev–Trinajstić information content (AvgIpc) is 2.45. The van der Waals surface area contributed by atoms with Crippen LogP contribution in [0.25, 0.3) is 0 Å². The molecule has 6 nitrogen and oxygen atoms in total. The van der Waals surface area contributed by atoms with Crippen LogP contribution < -0.4 is 10.6 Å². The number of urea groups is 1. The first-order valence-corrected chi connectivity index (χ1v) is 6.83. The molecule has 0 aliphatic heterocycles.